The zero-order valence-corrected chi connectivity index (χ0v) is 13.0. The molecule has 4 nitrogen and oxygen atoms in total. The highest BCUT2D eigenvalue weighted by molar-refractivity contribution is 5.84. The minimum atomic E-state index is 0.112. The number of benzene rings is 1. The Hall–Kier alpha value is -1.81. The summed E-state index contributed by atoms with van der Waals surface area (Å²) in [5.74, 6) is 0.112. The molecule has 0 aliphatic rings. The highest BCUT2D eigenvalue weighted by atomic mass is 16.1. The summed E-state index contributed by atoms with van der Waals surface area (Å²) >= 11 is 0. The van der Waals surface area contributed by atoms with Gasteiger partial charge in [-0.2, -0.15) is 0 Å². The van der Waals surface area contributed by atoms with Crippen molar-refractivity contribution in [3.63, 3.8) is 0 Å². The Kier molecular flexibility index (Phi) is 5.81. The minimum Gasteiger partial charge on any atom is -0.356 e. The smallest absolute Gasteiger partial charge is 0.221 e. The quantitative estimate of drug-likeness (QED) is 0.733. The SMILES string of the molecule is CCCNCc1cn(CCC(=O)NCC)c2ccccc12. The van der Waals surface area contributed by atoms with Crippen LogP contribution in [0.3, 0.4) is 0 Å². The fraction of sp³-hybridized carbons (Fsp3) is 0.471. The Bertz CT molecular complexity index is 589. The lowest BCUT2D eigenvalue weighted by Crippen LogP contribution is -2.23. The van der Waals surface area contributed by atoms with Crippen molar-refractivity contribution < 1.29 is 4.79 Å². The number of fused-ring (bicyclic) bond motifs is 1. The molecule has 0 radical (unpaired) electrons. The predicted molar refractivity (Wildman–Crippen MR) is 87.2 cm³/mol. The largest absolute Gasteiger partial charge is 0.356 e. The van der Waals surface area contributed by atoms with E-state index in [1.807, 2.05) is 13.0 Å². The van der Waals surface area contributed by atoms with Crippen molar-refractivity contribution in [2.45, 2.75) is 39.8 Å². The van der Waals surface area contributed by atoms with Gasteiger partial charge in [0.05, 0.1) is 0 Å². The van der Waals surface area contributed by atoms with Crippen LogP contribution in [0.1, 0.15) is 32.3 Å². The van der Waals surface area contributed by atoms with Crippen molar-refractivity contribution in [1.29, 1.82) is 0 Å². The second-order valence-electron chi connectivity index (χ2n) is 5.25. The normalized spacial score (nSPS) is 11.0. The Balaban J connectivity index is 2.13. The molecule has 0 bridgehead atoms. The van der Waals surface area contributed by atoms with Gasteiger partial charge in [0.2, 0.25) is 5.91 Å². The summed E-state index contributed by atoms with van der Waals surface area (Å²) in [5.41, 5.74) is 2.50. The van der Waals surface area contributed by atoms with Crippen LogP contribution in [-0.2, 0) is 17.9 Å². The summed E-state index contributed by atoms with van der Waals surface area (Å²) in [6.45, 7) is 7.43. The number of hydrogen-bond acceptors (Lipinski definition) is 2. The van der Waals surface area contributed by atoms with Crippen LogP contribution >= 0.6 is 0 Å². The van der Waals surface area contributed by atoms with Crippen LogP contribution in [0.2, 0.25) is 0 Å². The van der Waals surface area contributed by atoms with Crippen molar-refractivity contribution >= 4 is 16.8 Å². The van der Waals surface area contributed by atoms with Crippen LogP contribution < -0.4 is 10.6 Å². The van der Waals surface area contributed by atoms with Crippen LogP contribution in [0, 0.1) is 0 Å². The maximum atomic E-state index is 11.6. The van der Waals surface area contributed by atoms with Crippen molar-refractivity contribution in [1.82, 2.24) is 15.2 Å². The van der Waals surface area contributed by atoms with Crippen LogP contribution in [0.15, 0.2) is 30.5 Å². The van der Waals surface area contributed by atoms with Crippen LogP contribution in [0.4, 0.5) is 0 Å². The summed E-state index contributed by atoms with van der Waals surface area (Å²) in [6.07, 6.45) is 3.83. The second kappa shape index (κ2) is 7.84. The maximum absolute atomic E-state index is 11.6. The van der Waals surface area contributed by atoms with Crippen LogP contribution in [0.5, 0.6) is 0 Å². The number of aromatic nitrogens is 1. The number of nitrogens with zero attached hydrogens (tertiary/aromatic N) is 1. The van der Waals surface area contributed by atoms with E-state index in [2.05, 4.69) is 46.5 Å². The molecule has 0 aliphatic carbocycles. The van der Waals surface area contributed by atoms with Gasteiger partial charge in [-0.3, -0.25) is 4.79 Å². The Morgan fingerprint density at radius 1 is 1.24 bits per heavy atom. The summed E-state index contributed by atoms with van der Waals surface area (Å²) < 4.78 is 2.19. The molecule has 0 spiro atoms. The van der Waals surface area contributed by atoms with Gasteiger partial charge < -0.3 is 15.2 Å². The first kappa shape index (κ1) is 15.6. The summed E-state index contributed by atoms with van der Waals surface area (Å²) in [5, 5.41) is 7.57. The molecule has 1 aromatic carbocycles. The predicted octanol–water partition coefficient (Wildman–Crippen LogP) is 2.67. The molecule has 0 aliphatic heterocycles. The van der Waals surface area contributed by atoms with E-state index >= 15 is 0 Å². The van der Waals surface area contributed by atoms with Crippen LogP contribution in [-0.4, -0.2) is 23.6 Å². The molecule has 2 rings (SSSR count). The molecule has 1 heterocycles. The number of carbonyl (C=O) groups excluding carboxylic acids is 1. The minimum absolute atomic E-state index is 0.112. The first-order valence-corrected chi connectivity index (χ1v) is 7.80. The number of rotatable bonds is 8. The number of aryl methyl sites for hydroxylation is 1. The highest BCUT2D eigenvalue weighted by Gasteiger charge is 2.08. The molecular weight excluding hydrogens is 262 g/mol. The van der Waals surface area contributed by atoms with E-state index in [0.29, 0.717) is 13.0 Å². The molecule has 0 saturated carbocycles. The van der Waals surface area contributed by atoms with E-state index in [4.69, 9.17) is 0 Å². The van der Waals surface area contributed by atoms with E-state index < -0.39 is 0 Å². The average Bonchev–Trinajstić information content (AvgIpc) is 2.84. The van der Waals surface area contributed by atoms with E-state index in [9.17, 15) is 4.79 Å². The van der Waals surface area contributed by atoms with E-state index in [1.54, 1.807) is 0 Å². The van der Waals surface area contributed by atoms with Gasteiger partial charge in [0.15, 0.2) is 0 Å². The molecule has 0 fully saturated rings. The Morgan fingerprint density at radius 2 is 2.05 bits per heavy atom. The second-order valence-corrected chi connectivity index (χ2v) is 5.25. The average molecular weight is 287 g/mol. The molecule has 2 N–H and O–H groups in total. The van der Waals surface area contributed by atoms with Crippen molar-refractivity contribution in [3.8, 4) is 0 Å². The maximum Gasteiger partial charge on any atom is 0.221 e. The molecule has 4 heteroatoms. The molecule has 0 saturated heterocycles. The standard InChI is InChI=1S/C17H25N3O/c1-3-10-18-12-14-13-20(11-9-17(21)19-4-2)16-8-6-5-7-15(14)16/h5-8,13,18H,3-4,9-12H2,1-2H3,(H,19,21). The number of hydrogen-bond donors (Lipinski definition) is 2. The van der Waals surface area contributed by atoms with Gasteiger partial charge in [0.1, 0.15) is 0 Å². The van der Waals surface area contributed by atoms with Crippen molar-refractivity contribution in [2.75, 3.05) is 13.1 Å². The number of amides is 1. The first-order chi connectivity index (χ1) is 10.3. The van der Waals surface area contributed by atoms with Gasteiger partial charge >= 0.3 is 0 Å². The molecule has 1 aromatic heterocycles. The molecule has 0 atom stereocenters. The number of para-hydroxylation sites is 1. The van der Waals surface area contributed by atoms with Gasteiger partial charge in [-0.25, -0.2) is 0 Å². The third kappa shape index (κ3) is 4.08. The molecular formula is C17H25N3O. The zero-order chi connectivity index (χ0) is 15.1. The number of carbonyl (C=O) groups is 1. The highest BCUT2D eigenvalue weighted by Crippen LogP contribution is 2.21. The lowest BCUT2D eigenvalue weighted by molar-refractivity contribution is -0.121. The fourth-order valence-electron chi connectivity index (χ4n) is 2.56. The fourth-order valence-corrected chi connectivity index (χ4v) is 2.56. The van der Waals surface area contributed by atoms with Crippen LogP contribution in [0.25, 0.3) is 10.9 Å². The summed E-state index contributed by atoms with van der Waals surface area (Å²) in [7, 11) is 0. The molecule has 0 unspecified atom stereocenters. The lowest BCUT2D eigenvalue weighted by Gasteiger charge is -2.05. The topological polar surface area (TPSA) is 46.1 Å². The van der Waals surface area contributed by atoms with Gasteiger partial charge in [-0.1, -0.05) is 25.1 Å². The molecule has 114 valence electrons. The van der Waals surface area contributed by atoms with Gasteiger partial charge in [-0.15, -0.1) is 0 Å². The van der Waals surface area contributed by atoms with Crippen molar-refractivity contribution in [2.24, 2.45) is 0 Å². The van der Waals surface area contributed by atoms with E-state index in [0.717, 1.165) is 26.1 Å². The number of nitrogens with one attached hydrogen (secondary N) is 2. The third-order valence-corrected chi connectivity index (χ3v) is 3.57. The zero-order valence-electron chi connectivity index (χ0n) is 13.0. The third-order valence-electron chi connectivity index (χ3n) is 3.57. The molecule has 21 heavy (non-hydrogen) atoms. The summed E-state index contributed by atoms with van der Waals surface area (Å²) in [4.78, 5) is 11.6. The Morgan fingerprint density at radius 3 is 2.81 bits per heavy atom. The van der Waals surface area contributed by atoms with E-state index in [1.165, 1.54) is 16.5 Å². The molecule has 1 amide bonds. The molecule has 2 aromatic rings. The Labute approximate surface area is 126 Å². The van der Waals surface area contributed by atoms with Gasteiger partial charge in [0, 0.05) is 43.2 Å². The van der Waals surface area contributed by atoms with Gasteiger partial charge in [0.25, 0.3) is 0 Å². The summed E-state index contributed by atoms with van der Waals surface area (Å²) in [6, 6.07) is 8.39. The van der Waals surface area contributed by atoms with Crippen molar-refractivity contribution in [3.05, 3.63) is 36.0 Å². The first-order valence-electron chi connectivity index (χ1n) is 7.80. The lowest BCUT2D eigenvalue weighted by atomic mass is 10.2. The van der Waals surface area contributed by atoms with Gasteiger partial charge in [-0.05, 0) is 31.5 Å². The van der Waals surface area contributed by atoms with E-state index in [-0.39, 0.29) is 5.91 Å². The monoisotopic (exact) mass is 287 g/mol.